The summed E-state index contributed by atoms with van der Waals surface area (Å²) in [5, 5.41) is 11.4. The molecule has 1 N–H and O–H groups in total. The molecule has 1 aliphatic rings. The molecule has 0 saturated carbocycles. The highest BCUT2D eigenvalue weighted by Crippen LogP contribution is 2.24. The van der Waals surface area contributed by atoms with Crippen LogP contribution in [0.15, 0.2) is 18.2 Å². The SMILES string of the molecule is Cc1ccc(N2CC(NC(=O)N(C)CCC#N)CC2=O)cc1C. The number of carbonyl (C=O) groups is 2. The van der Waals surface area contributed by atoms with Gasteiger partial charge in [0.25, 0.3) is 0 Å². The molecule has 0 aliphatic carbocycles. The maximum atomic E-state index is 12.2. The van der Waals surface area contributed by atoms with E-state index in [1.54, 1.807) is 11.9 Å². The fourth-order valence-corrected chi connectivity index (χ4v) is 2.55. The fourth-order valence-electron chi connectivity index (χ4n) is 2.55. The molecule has 1 aliphatic heterocycles. The molecule has 1 aromatic carbocycles. The van der Waals surface area contributed by atoms with E-state index in [0.29, 0.717) is 25.9 Å². The van der Waals surface area contributed by atoms with Gasteiger partial charge in [0, 0.05) is 32.2 Å². The second-order valence-corrected chi connectivity index (χ2v) is 5.95. The minimum atomic E-state index is -0.250. The number of carbonyl (C=O) groups excluding carboxylic acids is 2. The molecule has 0 radical (unpaired) electrons. The average molecular weight is 314 g/mol. The zero-order valence-electron chi connectivity index (χ0n) is 13.8. The number of nitrogens with zero attached hydrogens (tertiary/aromatic N) is 3. The first kappa shape index (κ1) is 16.8. The van der Waals surface area contributed by atoms with Crippen LogP contribution in [0.5, 0.6) is 0 Å². The Kier molecular flexibility index (Phi) is 5.22. The summed E-state index contributed by atoms with van der Waals surface area (Å²) in [5.41, 5.74) is 3.19. The number of hydrogen-bond donors (Lipinski definition) is 1. The second-order valence-electron chi connectivity index (χ2n) is 5.95. The summed E-state index contributed by atoms with van der Waals surface area (Å²) >= 11 is 0. The van der Waals surface area contributed by atoms with E-state index in [4.69, 9.17) is 5.26 Å². The van der Waals surface area contributed by atoms with Crippen molar-refractivity contribution in [2.24, 2.45) is 0 Å². The summed E-state index contributed by atoms with van der Waals surface area (Å²) < 4.78 is 0. The van der Waals surface area contributed by atoms with Crippen molar-refractivity contribution in [2.45, 2.75) is 32.7 Å². The molecule has 1 unspecified atom stereocenters. The maximum absolute atomic E-state index is 12.2. The highest BCUT2D eigenvalue weighted by molar-refractivity contribution is 5.96. The lowest BCUT2D eigenvalue weighted by molar-refractivity contribution is -0.117. The van der Waals surface area contributed by atoms with Crippen LogP contribution in [0.25, 0.3) is 0 Å². The minimum absolute atomic E-state index is 0.0123. The van der Waals surface area contributed by atoms with Crippen molar-refractivity contribution >= 4 is 17.6 Å². The summed E-state index contributed by atoms with van der Waals surface area (Å²) in [6.07, 6.45) is 0.590. The molecule has 0 aromatic heterocycles. The largest absolute Gasteiger partial charge is 0.333 e. The van der Waals surface area contributed by atoms with Gasteiger partial charge in [-0.05, 0) is 37.1 Å². The Labute approximate surface area is 136 Å². The molecule has 23 heavy (non-hydrogen) atoms. The number of aryl methyl sites for hydroxylation is 2. The molecule has 6 nitrogen and oxygen atoms in total. The van der Waals surface area contributed by atoms with Gasteiger partial charge in [-0.3, -0.25) is 4.79 Å². The van der Waals surface area contributed by atoms with Crippen LogP contribution in [0.4, 0.5) is 10.5 Å². The summed E-state index contributed by atoms with van der Waals surface area (Å²) in [6, 6.07) is 7.48. The van der Waals surface area contributed by atoms with Gasteiger partial charge >= 0.3 is 6.03 Å². The Hall–Kier alpha value is -2.55. The first-order chi connectivity index (χ1) is 10.9. The molecule has 1 atom stereocenters. The predicted octanol–water partition coefficient (Wildman–Crippen LogP) is 1.96. The molecule has 122 valence electrons. The standard InChI is InChI=1S/C17H22N4O2/c1-12-5-6-15(9-13(12)2)21-11-14(10-16(21)22)19-17(23)20(3)8-4-7-18/h5-6,9,14H,4,8,10-11H2,1-3H3,(H,19,23). The van der Waals surface area contributed by atoms with E-state index in [0.717, 1.165) is 11.3 Å². The van der Waals surface area contributed by atoms with Crippen molar-refractivity contribution in [3.63, 3.8) is 0 Å². The van der Waals surface area contributed by atoms with Gasteiger partial charge in [0.05, 0.1) is 18.5 Å². The quantitative estimate of drug-likeness (QED) is 0.923. The lowest BCUT2D eigenvalue weighted by atomic mass is 10.1. The number of nitriles is 1. The number of anilines is 1. The third-order valence-electron chi connectivity index (χ3n) is 4.16. The molecule has 1 aromatic rings. The van der Waals surface area contributed by atoms with Gasteiger partial charge in [0.2, 0.25) is 5.91 Å². The van der Waals surface area contributed by atoms with Crippen LogP contribution in [0.1, 0.15) is 24.0 Å². The number of rotatable bonds is 4. The maximum Gasteiger partial charge on any atom is 0.317 e. The van der Waals surface area contributed by atoms with E-state index < -0.39 is 0 Å². The van der Waals surface area contributed by atoms with Crippen LogP contribution < -0.4 is 10.2 Å². The molecule has 6 heteroatoms. The Morgan fingerprint density at radius 2 is 2.17 bits per heavy atom. The molecule has 1 fully saturated rings. The smallest absolute Gasteiger partial charge is 0.317 e. The van der Waals surface area contributed by atoms with Crippen molar-refractivity contribution in [1.29, 1.82) is 5.26 Å². The monoisotopic (exact) mass is 314 g/mol. The lowest BCUT2D eigenvalue weighted by Gasteiger charge is -2.21. The highest BCUT2D eigenvalue weighted by atomic mass is 16.2. The van der Waals surface area contributed by atoms with Gasteiger partial charge in [0.1, 0.15) is 0 Å². The van der Waals surface area contributed by atoms with Crippen molar-refractivity contribution in [3.05, 3.63) is 29.3 Å². The molecular formula is C17H22N4O2. The molecule has 0 spiro atoms. The summed E-state index contributed by atoms with van der Waals surface area (Å²) in [4.78, 5) is 27.4. The zero-order valence-corrected chi connectivity index (χ0v) is 13.8. The summed E-state index contributed by atoms with van der Waals surface area (Å²) in [5.74, 6) is 0.0123. The van der Waals surface area contributed by atoms with Gasteiger partial charge in [-0.2, -0.15) is 5.26 Å². The molecular weight excluding hydrogens is 292 g/mol. The van der Waals surface area contributed by atoms with Gasteiger partial charge in [-0.15, -0.1) is 0 Å². The van der Waals surface area contributed by atoms with Gasteiger partial charge in [-0.1, -0.05) is 6.07 Å². The average Bonchev–Trinajstić information content (AvgIpc) is 2.88. The Bertz CT molecular complexity index is 650. The van der Waals surface area contributed by atoms with Crippen molar-refractivity contribution in [3.8, 4) is 6.07 Å². The number of amides is 3. The predicted molar refractivity (Wildman–Crippen MR) is 88.1 cm³/mol. The Morgan fingerprint density at radius 1 is 1.43 bits per heavy atom. The van der Waals surface area contributed by atoms with Crippen LogP contribution in [-0.4, -0.2) is 43.0 Å². The van der Waals surface area contributed by atoms with Crippen molar-refractivity contribution < 1.29 is 9.59 Å². The topological polar surface area (TPSA) is 76.4 Å². The van der Waals surface area contributed by atoms with E-state index in [1.807, 2.05) is 38.1 Å². The molecule has 3 amide bonds. The molecule has 0 bridgehead atoms. The Balaban J connectivity index is 1.98. The normalized spacial score (nSPS) is 17.0. The Morgan fingerprint density at radius 3 is 2.83 bits per heavy atom. The lowest BCUT2D eigenvalue weighted by Crippen LogP contribution is -2.44. The van der Waals surface area contributed by atoms with E-state index in [-0.39, 0.29) is 18.0 Å². The number of urea groups is 1. The van der Waals surface area contributed by atoms with Crippen LogP contribution in [0.2, 0.25) is 0 Å². The van der Waals surface area contributed by atoms with Crippen LogP contribution in [0, 0.1) is 25.2 Å². The first-order valence-corrected chi connectivity index (χ1v) is 7.68. The molecule has 1 heterocycles. The molecule has 2 rings (SSSR count). The van der Waals surface area contributed by atoms with Crippen LogP contribution in [-0.2, 0) is 4.79 Å². The summed E-state index contributed by atoms with van der Waals surface area (Å²) in [7, 11) is 1.64. The highest BCUT2D eigenvalue weighted by Gasteiger charge is 2.32. The van der Waals surface area contributed by atoms with Gasteiger partial charge in [-0.25, -0.2) is 4.79 Å². The van der Waals surface area contributed by atoms with E-state index >= 15 is 0 Å². The van der Waals surface area contributed by atoms with E-state index in [9.17, 15) is 9.59 Å². The minimum Gasteiger partial charge on any atom is -0.333 e. The van der Waals surface area contributed by atoms with E-state index in [2.05, 4.69) is 5.32 Å². The van der Waals surface area contributed by atoms with Crippen LogP contribution >= 0.6 is 0 Å². The number of nitrogens with one attached hydrogen (secondary N) is 1. The van der Waals surface area contributed by atoms with Crippen LogP contribution in [0.3, 0.4) is 0 Å². The van der Waals surface area contributed by atoms with Gasteiger partial charge in [0.15, 0.2) is 0 Å². The van der Waals surface area contributed by atoms with Gasteiger partial charge < -0.3 is 15.1 Å². The fraction of sp³-hybridized carbons (Fsp3) is 0.471. The number of hydrogen-bond acceptors (Lipinski definition) is 3. The van der Waals surface area contributed by atoms with Crippen molar-refractivity contribution in [1.82, 2.24) is 10.2 Å². The second kappa shape index (κ2) is 7.14. The zero-order chi connectivity index (χ0) is 17.0. The first-order valence-electron chi connectivity index (χ1n) is 7.68. The molecule has 1 saturated heterocycles. The van der Waals surface area contributed by atoms with E-state index in [1.165, 1.54) is 10.5 Å². The third-order valence-corrected chi connectivity index (χ3v) is 4.16. The number of benzene rings is 1. The third kappa shape index (κ3) is 4.01. The van der Waals surface area contributed by atoms with Crippen molar-refractivity contribution in [2.75, 3.05) is 25.0 Å². The summed E-state index contributed by atoms with van der Waals surface area (Å²) in [6.45, 7) is 4.90.